The quantitative estimate of drug-likeness (QED) is 0.468. The predicted molar refractivity (Wildman–Crippen MR) is 120 cm³/mol. The molecule has 1 saturated carbocycles. The molecule has 2 N–H and O–H groups in total. The van der Waals surface area contributed by atoms with E-state index >= 15 is 0 Å². The van der Waals surface area contributed by atoms with Crippen LogP contribution in [0.15, 0.2) is 54.6 Å². The number of fused-ring (bicyclic) bond motifs is 1. The van der Waals surface area contributed by atoms with Crippen molar-refractivity contribution in [2.45, 2.75) is 37.9 Å². The molecule has 0 bridgehead atoms. The lowest BCUT2D eigenvalue weighted by Gasteiger charge is -2.29. The number of aromatic nitrogens is 1. The number of hydrogen-bond acceptors (Lipinski definition) is 3. The maximum absolute atomic E-state index is 13.2. The molecule has 0 radical (unpaired) electrons. The fourth-order valence-corrected chi connectivity index (χ4v) is 4.23. The van der Waals surface area contributed by atoms with Gasteiger partial charge in [-0.15, -0.1) is 0 Å². The third kappa shape index (κ3) is 5.33. The van der Waals surface area contributed by atoms with E-state index in [4.69, 9.17) is 11.6 Å². The minimum atomic E-state index is -4.50. The number of carbonyl (C=O) groups excluding carboxylic acids is 1. The molecule has 3 aromatic rings. The van der Waals surface area contributed by atoms with Crippen LogP contribution in [-0.2, 0) is 6.18 Å². The van der Waals surface area contributed by atoms with Gasteiger partial charge in [0.15, 0.2) is 0 Å². The molecule has 0 unspecified atom stereocenters. The molecule has 1 amide bonds. The second-order valence-electron chi connectivity index (χ2n) is 8.15. The first kappa shape index (κ1) is 22.4. The van der Waals surface area contributed by atoms with Gasteiger partial charge in [-0.05, 0) is 68.0 Å². The van der Waals surface area contributed by atoms with Crippen LogP contribution in [0, 0.1) is 5.92 Å². The summed E-state index contributed by atoms with van der Waals surface area (Å²) in [5, 5.41) is 7.53. The summed E-state index contributed by atoms with van der Waals surface area (Å²) in [5.74, 6) is 0.200. The molecule has 4 rings (SSSR count). The Hall–Kier alpha value is -2.80. The number of pyridine rings is 1. The number of para-hydroxylation sites is 1. The minimum Gasteiger partial charge on any atom is -0.384 e. The monoisotopic (exact) mass is 461 g/mol. The van der Waals surface area contributed by atoms with Crippen molar-refractivity contribution in [3.8, 4) is 0 Å². The Labute approximate surface area is 189 Å². The second kappa shape index (κ2) is 9.36. The van der Waals surface area contributed by atoms with Gasteiger partial charge < -0.3 is 10.6 Å². The number of alkyl halides is 3. The van der Waals surface area contributed by atoms with Gasteiger partial charge in [-0.2, -0.15) is 13.2 Å². The van der Waals surface area contributed by atoms with Crippen molar-refractivity contribution in [3.63, 3.8) is 0 Å². The first-order valence-electron chi connectivity index (χ1n) is 10.6. The summed E-state index contributed by atoms with van der Waals surface area (Å²) < 4.78 is 39.7. The van der Waals surface area contributed by atoms with Gasteiger partial charge in [0.25, 0.3) is 5.91 Å². The van der Waals surface area contributed by atoms with Crippen LogP contribution >= 0.6 is 11.6 Å². The van der Waals surface area contributed by atoms with Crippen LogP contribution in [0.1, 0.15) is 41.7 Å². The van der Waals surface area contributed by atoms with E-state index in [2.05, 4.69) is 15.6 Å². The van der Waals surface area contributed by atoms with Crippen LogP contribution in [-0.4, -0.2) is 23.5 Å². The number of nitrogens with one attached hydrogen (secondary N) is 2. The number of anilines is 1. The number of hydrogen-bond donors (Lipinski definition) is 2. The molecule has 0 aliphatic heterocycles. The number of benzene rings is 2. The molecule has 0 saturated heterocycles. The van der Waals surface area contributed by atoms with Crippen LogP contribution in [0.5, 0.6) is 0 Å². The van der Waals surface area contributed by atoms with E-state index in [0.717, 1.165) is 31.7 Å². The molecule has 0 spiro atoms. The summed E-state index contributed by atoms with van der Waals surface area (Å²) in [7, 11) is 0. The van der Waals surface area contributed by atoms with Crippen molar-refractivity contribution in [3.05, 3.63) is 70.9 Å². The van der Waals surface area contributed by atoms with E-state index in [-0.39, 0.29) is 11.9 Å². The number of rotatable bonds is 5. The summed E-state index contributed by atoms with van der Waals surface area (Å²) in [6.45, 7) is 0.573. The zero-order valence-electron chi connectivity index (χ0n) is 17.3. The van der Waals surface area contributed by atoms with Crippen LogP contribution in [0.2, 0.25) is 5.02 Å². The highest BCUT2D eigenvalue weighted by Crippen LogP contribution is 2.33. The van der Waals surface area contributed by atoms with Gasteiger partial charge in [0, 0.05) is 34.2 Å². The van der Waals surface area contributed by atoms with Gasteiger partial charge in [0.1, 0.15) is 5.69 Å². The van der Waals surface area contributed by atoms with Crippen LogP contribution in [0.4, 0.5) is 18.9 Å². The lowest BCUT2D eigenvalue weighted by atomic mass is 9.85. The van der Waals surface area contributed by atoms with Gasteiger partial charge in [-0.1, -0.05) is 29.8 Å². The Kier molecular flexibility index (Phi) is 6.55. The zero-order chi connectivity index (χ0) is 22.7. The number of carbonyl (C=O) groups is 1. The van der Waals surface area contributed by atoms with Crippen LogP contribution in [0.25, 0.3) is 10.9 Å². The Morgan fingerprint density at radius 2 is 1.72 bits per heavy atom. The molecule has 1 heterocycles. The van der Waals surface area contributed by atoms with Crippen molar-refractivity contribution in [2.75, 3.05) is 11.9 Å². The fourth-order valence-electron chi connectivity index (χ4n) is 4.10. The van der Waals surface area contributed by atoms with Crippen molar-refractivity contribution in [1.82, 2.24) is 10.3 Å². The Morgan fingerprint density at radius 3 is 2.41 bits per heavy atom. The number of nitrogens with zero attached hydrogens (tertiary/aromatic N) is 1. The minimum absolute atomic E-state index is 0.0908. The molecule has 8 heteroatoms. The van der Waals surface area contributed by atoms with E-state index in [1.54, 1.807) is 48.5 Å². The highest BCUT2D eigenvalue weighted by atomic mass is 35.5. The van der Waals surface area contributed by atoms with E-state index in [1.165, 1.54) is 0 Å². The van der Waals surface area contributed by atoms with Crippen LogP contribution in [0.3, 0.4) is 0 Å². The van der Waals surface area contributed by atoms with Crippen molar-refractivity contribution in [2.24, 2.45) is 5.92 Å². The Morgan fingerprint density at radius 1 is 1.03 bits per heavy atom. The van der Waals surface area contributed by atoms with Gasteiger partial charge >= 0.3 is 6.18 Å². The van der Waals surface area contributed by atoms with Gasteiger partial charge in [-0.3, -0.25) is 4.79 Å². The SMILES string of the molecule is O=C(NC1CCC(CNc2cc(C(F)(F)F)nc3ccccc23)CC1)c1ccc(Cl)cc1. The normalized spacial score (nSPS) is 19.0. The molecule has 4 nitrogen and oxygen atoms in total. The van der Waals surface area contributed by atoms with Gasteiger partial charge in [0.2, 0.25) is 0 Å². The molecule has 168 valence electrons. The number of halogens is 4. The maximum atomic E-state index is 13.2. The highest BCUT2D eigenvalue weighted by Gasteiger charge is 2.33. The molecule has 32 heavy (non-hydrogen) atoms. The average Bonchev–Trinajstić information content (AvgIpc) is 2.78. The van der Waals surface area contributed by atoms with Crippen molar-refractivity contribution < 1.29 is 18.0 Å². The van der Waals surface area contributed by atoms with Crippen LogP contribution < -0.4 is 10.6 Å². The molecule has 1 aliphatic carbocycles. The van der Waals surface area contributed by atoms with Crippen molar-refractivity contribution in [1.29, 1.82) is 0 Å². The molecule has 0 atom stereocenters. The van der Waals surface area contributed by atoms with Crippen molar-refractivity contribution >= 4 is 34.1 Å². The molecular formula is C24H23ClF3N3O. The van der Waals surface area contributed by atoms with E-state index < -0.39 is 11.9 Å². The lowest BCUT2D eigenvalue weighted by Crippen LogP contribution is -2.38. The summed E-state index contributed by atoms with van der Waals surface area (Å²) in [4.78, 5) is 16.1. The number of amides is 1. The zero-order valence-corrected chi connectivity index (χ0v) is 18.0. The molecule has 1 aliphatic rings. The third-order valence-electron chi connectivity index (χ3n) is 5.88. The first-order valence-corrected chi connectivity index (χ1v) is 10.9. The summed E-state index contributed by atoms with van der Waals surface area (Å²) in [5.41, 5.74) is 0.440. The highest BCUT2D eigenvalue weighted by molar-refractivity contribution is 6.30. The maximum Gasteiger partial charge on any atom is 0.433 e. The lowest BCUT2D eigenvalue weighted by molar-refractivity contribution is -0.140. The molecular weight excluding hydrogens is 439 g/mol. The Balaban J connectivity index is 1.34. The van der Waals surface area contributed by atoms with E-state index in [0.29, 0.717) is 39.6 Å². The second-order valence-corrected chi connectivity index (χ2v) is 8.59. The summed E-state index contributed by atoms with van der Waals surface area (Å²) in [6, 6.07) is 14.8. The molecule has 1 aromatic heterocycles. The molecule has 2 aromatic carbocycles. The smallest absolute Gasteiger partial charge is 0.384 e. The molecule has 1 fully saturated rings. The van der Waals surface area contributed by atoms with Gasteiger partial charge in [0.05, 0.1) is 5.52 Å². The van der Waals surface area contributed by atoms with Gasteiger partial charge in [-0.25, -0.2) is 4.98 Å². The Bertz CT molecular complexity index is 1090. The standard InChI is InChI=1S/C24H23ClF3N3O/c25-17-9-7-16(8-10-17)23(32)30-18-11-5-15(6-12-18)14-29-21-13-22(24(26,27)28)31-20-4-2-1-3-19(20)21/h1-4,7-10,13,15,18H,5-6,11-12,14H2,(H,29,31)(H,30,32). The first-order chi connectivity index (χ1) is 15.3. The predicted octanol–water partition coefficient (Wildman–Crippen LogP) is 6.31. The van der Waals surface area contributed by atoms with E-state index in [1.807, 2.05) is 0 Å². The summed E-state index contributed by atoms with van der Waals surface area (Å²) in [6.07, 6.45) is -1.07. The summed E-state index contributed by atoms with van der Waals surface area (Å²) >= 11 is 5.86. The third-order valence-corrected chi connectivity index (χ3v) is 6.13. The fraction of sp³-hybridized carbons (Fsp3) is 0.333. The van der Waals surface area contributed by atoms with E-state index in [9.17, 15) is 18.0 Å². The largest absolute Gasteiger partial charge is 0.433 e. The topological polar surface area (TPSA) is 54.0 Å². The average molecular weight is 462 g/mol.